The lowest BCUT2D eigenvalue weighted by molar-refractivity contribution is 0.0639. The highest BCUT2D eigenvalue weighted by Crippen LogP contribution is 2.27. The predicted molar refractivity (Wildman–Crippen MR) is 98.2 cm³/mol. The van der Waals surface area contributed by atoms with Gasteiger partial charge in [-0.2, -0.15) is 0 Å². The second-order valence-electron chi connectivity index (χ2n) is 5.34. The largest absolute Gasteiger partial charge is 0.366 e. The topological polar surface area (TPSA) is 75.4 Å². The van der Waals surface area contributed by atoms with Gasteiger partial charge in [-0.05, 0) is 23.8 Å². The van der Waals surface area contributed by atoms with Gasteiger partial charge in [0.2, 0.25) is 5.91 Å². The summed E-state index contributed by atoms with van der Waals surface area (Å²) in [7, 11) is 0. The van der Waals surface area contributed by atoms with Crippen LogP contribution >= 0.6 is 35.3 Å². The fourth-order valence-electron chi connectivity index (χ4n) is 2.68. The third-order valence-electron chi connectivity index (χ3n) is 3.83. The number of piperazine rings is 1. The molecule has 0 saturated carbocycles. The predicted octanol–water partition coefficient (Wildman–Crippen LogP) is 2.71. The van der Waals surface area contributed by atoms with Crippen LogP contribution in [0.4, 0.5) is 0 Å². The molecule has 1 fully saturated rings. The van der Waals surface area contributed by atoms with Crippen molar-refractivity contribution in [2.75, 3.05) is 19.6 Å². The lowest BCUT2D eigenvalue weighted by Gasteiger charge is -2.36. The highest BCUT2D eigenvalue weighted by atomic mass is 35.5. The Labute approximate surface area is 155 Å². The Kier molecular flexibility index (Phi) is 6.23. The van der Waals surface area contributed by atoms with Crippen molar-refractivity contribution in [3.63, 3.8) is 0 Å². The molecule has 24 heavy (non-hydrogen) atoms. The summed E-state index contributed by atoms with van der Waals surface area (Å²) in [6.07, 6.45) is 0. The van der Waals surface area contributed by atoms with Crippen LogP contribution in [0, 0.1) is 0 Å². The van der Waals surface area contributed by atoms with Gasteiger partial charge in [-0.25, -0.2) is 0 Å². The molecule has 2 heterocycles. The van der Waals surface area contributed by atoms with Crippen molar-refractivity contribution in [2.45, 2.75) is 6.04 Å². The number of halogens is 2. The molecule has 0 bridgehead atoms. The molecule has 2 aromatic rings. The number of carbonyl (C=O) groups excluding carboxylic acids is 2. The highest BCUT2D eigenvalue weighted by molar-refractivity contribution is 7.12. The molecule has 0 radical (unpaired) electrons. The zero-order valence-corrected chi connectivity index (χ0v) is 15.1. The van der Waals surface area contributed by atoms with E-state index in [1.165, 1.54) is 11.3 Å². The minimum Gasteiger partial charge on any atom is -0.366 e. The van der Waals surface area contributed by atoms with E-state index in [4.69, 9.17) is 17.3 Å². The van der Waals surface area contributed by atoms with E-state index in [0.29, 0.717) is 28.6 Å². The smallest absolute Gasteiger partial charge is 0.264 e. The number of rotatable bonds is 3. The lowest BCUT2D eigenvalue weighted by atomic mass is 10.0. The number of carbonyl (C=O) groups is 2. The van der Waals surface area contributed by atoms with E-state index in [0.717, 1.165) is 12.1 Å². The molecule has 1 aliphatic rings. The Balaban J connectivity index is 0.00000208. The number of nitrogens with two attached hydrogens (primary N) is 1. The summed E-state index contributed by atoms with van der Waals surface area (Å²) < 4.78 is 0. The van der Waals surface area contributed by atoms with Gasteiger partial charge >= 0.3 is 0 Å². The second-order valence-corrected chi connectivity index (χ2v) is 6.69. The van der Waals surface area contributed by atoms with Gasteiger partial charge in [0.25, 0.3) is 5.91 Å². The number of hydrogen-bond donors (Lipinski definition) is 2. The number of nitrogens with zero attached hydrogens (tertiary/aromatic N) is 1. The maximum Gasteiger partial charge on any atom is 0.264 e. The molecular formula is C16H17Cl2N3O2S. The fourth-order valence-corrected chi connectivity index (χ4v) is 3.73. The van der Waals surface area contributed by atoms with Crippen molar-refractivity contribution in [2.24, 2.45) is 5.73 Å². The normalized spacial score (nSPS) is 17.2. The molecule has 8 heteroatoms. The van der Waals surface area contributed by atoms with Crippen molar-refractivity contribution >= 4 is 47.2 Å². The van der Waals surface area contributed by atoms with Crippen LogP contribution in [0.1, 0.15) is 31.6 Å². The van der Waals surface area contributed by atoms with Crippen LogP contribution in [0.15, 0.2) is 35.7 Å². The zero-order valence-electron chi connectivity index (χ0n) is 12.7. The quantitative estimate of drug-likeness (QED) is 0.852. The fraction of sp³-hybridized carbons (Fsp3) is 0.250. The van der Waals surface area contributed by atoms with E-state index in [1.807, 2.05) is 29.2 Å². The van der Waals surface area contributed by atoms with Gasteiger partial charge in [0.05, 0.1) is 16.5 Å². The Morgan fingerprint density at radius 1 is 1.33 bits per heavy atom. The van der Waals surface area contributed by atoms with Crippen molar-refractivity contribution in [1.82, 2.24) is 10.2 Å². The van der Waals surface area contributed by atoms with Crippen LogP contribution in [0.3, 0.4) is 0 Å². The molecule has 3 rings (SSSR count). The molecule has 1 unspecified atom stereocenters. The number of primary amides is 1. The van der Waals surface area contributed by atoms with Crippen LogP contribution in [-0.4, -0.2) is 36.3 Å². The van der Waals surface area contributed by atoms with E-state index in [2.05, 4.69) is 5.32 Å². The van der Waals surface area contributed by atoms with Crippen molar-refractivity contribution in [1.29, 1.82) is 0 Å². The average Bonchev–Trinajstić information content (AvgIpc) is 3.04. The molecule has 0 spiro atoms. The SMILES string of the molecule is Cl.NC(=O)c1csc(C(=O)N2CCNCC2c2cccc(Cl)c2)c1. The third kappa shape index (κ3) is 3.89. The van der Waals surface area contributed by atoms with Gasteiger partial charge < -0.3 is 16.0 Å². The average molecular weight is 386 g/mol. The molecule has 1 aromatic heterocycles. The summed E-state index contributed by atoms with van der Waals surface area (Å²) >= 11 is 7.31. The molecule has 2 amide bonds. The maximum atomic E-state index is 12.8. The first-order chi connectivity index (χ1) is 11.1. The molecule has 1 saturated heterocycles. The molecule has 3 N–H and O–H groups in total. The van der Waals surface area contributed by atoms with E-state index < -0.39 is 5.91 Å². The summed E-state index contributed by atoms with van der Waals surface area (Å²) in [5.41, 5.74) is 6.62. The number of nitrogens with one attached hydrogen (secondary N) is 1. The first-order valence-electron chi connectivity index (χ1n) is 7.22. The molecule has 5 nitrogen and oxygen atoms in total. The number of amides is 2. The third-order valence-corrected chi connectivity index (χ3v) is 4.99. The summed E-state index contributed by atoms with van der Waals surface area (Å²) in [6, 6.07) is 9.01. The van der Waals surface area contributed by atoms with Crippen LogP contribution < -0.4 is 11.1 Å². The van der Waals surface area contributed by atoms with Crippen molar-refractivity contribution < 1.29 is 9.59 Å². The van der Waals surface area contributed by atoms with Gasteiger partial charge in [0.15, 0.2) is 0 Å². The number of hydrogen-bond acceptors (Lipinski definition) is 4. The Morgan fingerprint density at radius 2 is 2.12 bits per heavy atom. The summed E-state index contributed by atoms with van der Waals surface area (Å²) in [5, 5.41) is 5.57. The molecular weight excluding hydrogens is 369 g/mol. The molecule has 128 valence electrons. The van der Waals surface area contributed by atoms with Gasteiger partial charge in [0.1, 0.15) is 0 Å². The van der Waals surface area contributed by atoms with E-state index >= 15 is 0 Å². The van der Waals surface area contributed by atoms with Crippen LogP contribution in [0.2, 0.25) is 5.02 Å². The van der Waals surface area contributed by atoms with Gasteiger partial charge in [-0.3, -0.25) is 9.59 Å². The maximum absolute atomic E-state index is 12.8. The summed E-state index contributed by atoms with van der Waals surface area (Å²) in [5.74, 6) is -0.610. The van der Waals surface area contributed by atoms with E-state index in [1.54, 1.807) is 11.4 Å². The summed E-state index contributed by atoms with van der Waals surface area (Å²) in [6.45, 7) is 2.00. The lowest BCUT2D eigenvalue weighted by Crippen LogP contribution is -2.48. The second kappa shape index (κ2) is 7.98. The summed E-state index contributed by atoms with van der Waals surface area (Å²) in [4.78, 5) is 26.4. The van der Waals surface area contributed by atoms with Crippen LogP contribution in [-0.2, 0) is 0 Å². The standard InChI is InChI=1S/C16H16ClN3O2S.ClH/c17-12-3-1-2-10(6-12)13-8-19-4-5-20(13)16(22)14-7-11(9-23-14)15(18)21;/h1-3,6-7,9,13,19H,4-5,8H2,(H2,18,21);1H. The molecule has 0 aliphatic carbocycles. The molecule has 1 atom stereocenters. The Morgan fingerprint density at radius 3 is 2.79 bits per heavy atom. The molecule has 1 aliphatic heterocycles. The monoisotopic (exact) mass is 385 g/mol. The Bertz CT molecular complexity index is 750. The minimum absolute atomic E-state index is 0. The van der Waals surface area contributed by atoms with E-state index in [9.17, 15) is 9.59 Å². The van der Waals surface area contributed by atoms with Gasteiger partial charge in [-0.15, -0.1) is 23.7 Å². The first kappa shape index (κ1) is 18.7. The minimum atomic E-state index is -0.521. The first-order valence-corrected chi connectivity index (χ1v) is 8.47. The zero-order chi connectivity index (χ0) is 16.4. The van der Waals surface area contributed by atoms with Gasteiger partial charge in [0, 0.05) is 30.0 Å². The van der Waals surface area contributed by atoms with E-state index in [-0.39, 0.29) is 24.4 Å². The molecule has 1 aromatic carbocycles. The van der Waals surface area contributed by atoms with Crippen molar-refractivity contribution in [3.05, 3.63) is 56.7 Å². The Hall–Kier alpha value is -1.60. The van der Waals surface area contributed by atoms with Crippen LogP contribution in [0.25, 0.3) is 0 Å². The highest BCUT2D eigenvalue weighted by Gasteiger charge is 2.29. The number of benzene rings is 1. The van der Waals surface area contributed by atoms with Crippen molar-refractivity contribution in [3.8, 4) is 0 Å². The van der Waals surface area contributed by atoms with Crippen LogP contribution in [0.5, 0.6) is 0 Å². The number of thiophene rings is 1. The van der Waals surface area contributed by atoms with Gasteiger partial charge in [-0.1, -0.05) is 23.7 Å².